The largest absolute Gasteiger partial charge is 0.502 e. The van der Waals surface area contributed by atoms with E-state index in [4.69, 9.17) is 9.15 Å². The van der Waals surface area contributed by atoms with Gasteiger partial charge in [0.05, 0.1) is 12.5 Å². The summed E-state index contributed by atoms with van der Waals surface area (Å²) >= 11 is 0. The quantitative estimate of drug-likeness (QED) is 0.928. The molecule has 1 aromatic heterocycles. The fraction of sp³-hybridized carbons (Fsp3) is 0.154. The standard InChI is InChI=1S/C13H12O5S/c1-17-11-4-3-9-10(14)7-8(5-6-19(2)16)18-13(9)12(11)15/h3-7,15H,1-2H3/b6-5+. The molecule has 2 rings (SSSR count). The second kappa shape index (κ2) is 5.27. The molecular weight excluding hydrogens is 268 g/mol. The van der Waals surface area contributed by atoms with Gasteiger partial charge in [-0.2, -0.15) is 0 Å². The van der Waals surface area contributed by atoms with E-state index in [1.54, 1.807) is 0 Å². The first-order valence-corrected chi connectivity index (χ1v) is 6.99. The smallest absolute Gasteiger partial charge is 0.202 e. The number of phenolic OH excluding ortho intramolecular Hbond substituents is 1. The molecule has 0 radical (unpaired) electrons. The highest BCUT2D eigenvalue weighted by Gasteiger charge is 2.12. The van der Waals surface area contributed by atoms with E-state index in [2.05, 4.69) is 0 Å². The molecule has 0 aliphatic carbocycles. The van der Waals surface area contributed by atoms with Gasteiger partial charge in [-0.3, -0.25) is 9.00 Å². The van der Waals surface area contributed by atoms with Gasteiger partial charge in [-0.1, -0.05) is 0 Å². The minimum absolute atomic E-state index is 0.0494. The maximum absolute atomic E-state index is 11.9. The Bertz CT molecular complexity index is 730. The summed E-state index contributed by atoms with van der Waals surface area (Å²) in [6.45, 7) is 0. The number of benzene rings is 1. The van der Waals surface area contributed by atoms with Crippen LogP contribution in [0.25, 0.3) is 17.0 Å². The number of hydrogen-bond donors (Lipinski definition) is 1. The molecule has 5 nitrogen and oxygen atoms in total. The lowest BCUT2D eigenvalue weighted by Crippen LogP contribution is -2.00. The molecule has 0 amide bonds. The molecule has 2 aromatic rings. The van der Waals surface area contributed by atoms with E-state index in [9.17, 15) is 14.1 Å². The van der Waals surface area contributed by atoms with Crippen LogP contribution in [-0.4, -0.2) is 22.7 Å². The molecule has 100 valence electrons. The number of methoxy groups -OCH3 is 1. The number of rotatable bonds is 3. The van der Waals surface area contributed by atoms with Crippen LogP contribution in [0.3, 0.4) is 0 Å². The predicted molar refractivity (Wildman–Crippen MR) is 73.8 cm³/mol. The first-order valence-electron chi connectivity index (χ1n) is 5.37. The van der Waals surface area contributed by atoms with Gasteiger partial charge in [-0.25, -0.2) is 0 Å². The van der Waals surface area contributed by atoms with Crippen LogP contribution in [0.5, 0.6) is 11.5 Å². The third-order valence-corrected chi connectivity index (χ3v) is 3.02. The Labute approximate surface area is 111 Å². The summed E-state index contributed by atoms with van der Waals surface area (Å²) in [7, 11) is 0.258. The van der Waals surface area contributed by atoms with Crippen molar-refractivity contribution in [2.45, 2.75) is 0 Å². The average Bonchev–Trinajstić information content (AvgIpc) is 2.37. The van der Waals surface area contributed by atoms with Crippen LogP contribution in [0.1, 0.15) is 5.76 Å². The van der Waals surface area contributed by atoms with E-state index in [0.717, 1.165) is 0 Å². The Kier molecular flexibility index (Phi) is 3.71. The van der Waals surface area contributed by atoms with Gasteiger partial charge in [0.15, 0.2) is 16.8 Å². The molecule has 6 heteroatoms. The molecule has 0 fully saturated rings. The minimum atomic E-state index is -1.15. The lowest BCUT2D eigenvalue weighted by molar-refractivity contribution is 0.371. The third kappa shape index (κ3) is 2.68. The van der Waals surface area contributed by atoms with Crippen LogP contribution in [-0.2, 0) is 10.8 Å². The molecule has 1 N–H and O–H groups in total. The molecule has 0 saturated carbocycles. The Hall–Kier alpha value is -2.08. The summed E-state index contributed by atoms with van der Waals surface area (Å²) in [5.41, 5.74) is -0.242. The first-order chi connectivity index (χ1) is 9.02. The van der Waals surface area contributed by atoms with Crippen molar-refractivity contribution in [2.75, 3.05) is 13.4 Å². The summed E-state index contributed by atoms with van der Waals surface area (Å²) < 4.78 is 21.3. The Morgan fingerprint density at radius 1 is 1.42 bits per heavy atom. The van der Waals surface area contributed by atoms with Gasteiger partial charge in [0.2, 0.25) is 5.75 Å². The van der Waals surface area contributed by atoms with Crippen molar-refractivity contribution in [3.8, 4) is 11.5 Å². The van der Waals surface area contributed by atoms with Crippen LogP contribution < -0.4 is 10.2 Å². The molecular formula is C13H12O5S. The van der Waals surface area contributed by atoms with E-state index >= 15 is 0 Å². The highest BCUT2D eigenvalue weighted by molar-refractivity contribution is 7.87. The number of hydrogen-bond acceptors (Lipinski definition) is 5. The maximum atomic E-state index is 11.9. The second-order valence-corrected chi connectivity index (χ2v) is 5.08. The van der Waals surface area contributed by atoms with E-state index in [0.29, 0.717) is 0 Å². The van der Waals surface area contributed by atoms with Crippen LogP contribution in [0.15, 0.2) is 32.8 Å². The third-order valence-electron chi connectivity index (χ3n) is 2.50. The van der Waals surface area contributed by atoms with Crippen molar-refractivity contribution in [3.05, 3.63) is 39.6 Å². The minimum Gasteiger partial charge on any atom is -0.502 e. The van der Waals surface area contributed by atoms with Gasteiger partial charge in [-0.05, 0) is 18.2 Å². The topological polar surface area (TPSA) is 76.7 Å². The van der Waals surface area contributed by atoms with Crippen LogP contribution in [0.4, 0.5) is 0 Å². The molecule has 1 atom stereocenters. The predicted octanol–water partition coefficient (Wildman–Crippen LogP) is 1.86. The summed E-state index contributed by atoms with van der Waals surface area (Å²) in [5.74, 6) is 0.206. The highest BCUT2D eigenvalue weighted by Crippen LogP contribution is 2.33. The van der Waals surface area contributed by atoms with Crippen molar-refractivity contribution < 1.29 is 18.5 Å². The Morgan fingerprint density at radius 2 is 2.16 bits per heavy atom. The molecule has 0 saturated heterocycles. The fourth-order valence-corrected chi connectivity index (χ4v) is 1.94. The Balaban J connectivity index is 2.69. The summed E-state index contributed by atoms with van der Waals surface area (Å²) in [6, 6.07) is 4.29. The first kappa shape index (κ1) is 13.4. The molecule has 19 heavy (non-hydrogen) atoms. The normalized spacial score (nSPS) is 12.9. The molecule has 0 spiro atoms. The number of ether oxygens (including phenoxy) is 1. The van der Waals surface area contributed by atoms with E-state index < -0.39 is 10.8 Å². The van der Waals surface area contributed by atoms with Crippen molar-refractivity contribution in [1.29, 1.82) is 0 Å². The van der Waals surface area contributed by atoms with Gasteiger partial charge in [0.25, 0.3) is 0 Å². The molecule has 0 bridgehead atoms. The monoisotopic (exact) mass is 280 g/mol. The van der Waals surface area contributed by atoms with Gasteiger partial charge in [0.1, 0.15) is 5.76 Å². The van der Waals surface area contributed by atoms with Gasteiger partial charge < -0.3 is 14.3 Å². The zero-order valence-electron chi connectivity index (χ0n) is 10.4. The molecule has 0 aliphatic rings. The summed E-state index contributed by atoms with van der Waals surface area (Å²) in [6.07, 6.45) is 2.92. The van der Waals surface area contributed by atoms with Gasteiger partial charge in [-0.15, -0.1) is 0 Å². The van der Waals surface area contributed by atoms with E-state index in [1.165, 1.54) is 43.0 Å². The number of fused-ring (bicyclic) bond motifs is 1. The molecule has 1 aromatic carbocycles. The van der Waals surface area contributed by atoms with Crippen molar-refractivity contribution in [1.82, 2.24) is 0 Å². The van der Waals surface area contributed by atoms with Crippen molar-refractivity contribution in [2.24, 2.45) is 0 Å². The Morgan fingerprint density at radius 3 is 2.79 bits per heavy atom. The van der Waals surface area contributed by atoms with Crippen molar-refractivity contribution >= 4 is 27.8 Å². The van der Waals surface area contributed by atoms with Gasteiger partial charge >= 0.3 is 0 Å². The lowest BCUT2D eigenvalue weighted by Gasteiger charge is -2.05. The summed E-state index contributed by atoms with van der Waals surface area (Å²) in [4.78, 5) is 11.9. The fourth-order valence-electron chi connectivity index (χ4n) is 1.61. The van der Waals surface area contributed by atoms with Gasteiger partial charge in [0, 0.05) is 28.5 Å². The molecule has 1 unspecified atom stereocenters. The molecule has 1 heterocycles. The number of phenols is 1. The van der Waals surface area contributed by atoms with Crippen LogP contribution >= 0.6 is 0 Å². The number of aromatic hydroxyl groups is 1. The zero-order valence-corrected chi connectivity index (χ0v) is 11.2. The zero-order chi connectivity index (χ0) is 14.0. The SMILES string of the molecule is COc1ccc2c(=O)cc(/C=C/S(C)=O)oc2c1O. The average molecular weight is 280 g/mol. The summed E-state index contributed by atoms with van der Waals surface area (Å²) in [5, 5.41) is 11.6. The van der Waals surface area contributed by atoms with Crippen LogP contribution in [0, 0.1) is 0 Å². The highest BCUT2D eigenvalue weighted by atomic mass is 32.2. The second-order valence-electron chi connectivity index (χ2n) is 3.81. The maximum Gasteiger partial charge on any atom is 0.202 e. The van der Waals surface area contributed by atoms with E-state index in [1.807, 2.05) is 0 Å². The van der Waals surface area contributed by atoms with Crippen molar-refractivity contribution in [3.63, 3.8) is 0 Å². The lowest BCUT2D eigenvalue weighted by atomic mass is 10.2. The van der Waals surface area contributed by atoms with E-state index in [-0.39, 0.29) is 33.7 Å². The molecule has 0 aliphatic heterocycles. The van der Waals surface area contributed by atoms with Crippen LogP contribution in [0.2, 0.25) is 0 Å².